The highest BCUT2D eigenvalue weighted by atomic mass is 16.5. The second-order valence-corrected chi connectivity index (χ2v) is 7.05. The van der Waals surface area contributed by atoms with Crippen LogP contribution in [0, 0.1) is 6.92 Å². The summed E-state index contributed by atoms with van der Waals surface area (Å²) in [5.74, 6) is 2.11. The fourth-order valence-corrected chi connectivity index (χ4v) is 3.59. The third kappa shape index (κ3) is 3.68. The molecular formula is C22H23N3O4. The molecule has 0 aliphatic carbocycles. The SMILES string of the molecule is COc1ccc(-c2noc([C@H]3CCCN3C(=O)c3ccc(C)cc3)n2)cc1OC. The van der Waals surface area contributed by atoms with Crippen LogP contribution < -0.4 is 9.47 Å². The standard InChI is InChI=1S/C22H23N3O4/c1-14-6-8-15(9-7-14)22(26)25-12-4-5-17(25)21-23-20(24-29-21)16-10-11-18(27-2)19(13-16)28-3/h6-11,13,17H,4-5,12H2,1-3H3/t17-/m1/s1. The quantitative estimate of drug-likeness (QED) is 0.651. The second kappa shape index (κ2) is 7.95. The van der Waals surface area contributed by atoms with Crippen LogP contribution in [0.25, 0.3) is 11.4 Å². The van der Waals surface area contributed by atoms with Crippen LogP contribution in [0.2, 0.25) is 0 Å². The van der Waals surface area contributed by atoms with Crippen molar-refractivity contribution in [2.45, 2.75) is 25.8 Å². The molecular weight excluding hydrogens is 370 g/mol. The second-order valence-electron chi connectivity index (χ2n) is 7.05. The van der Waals surface area contributed by atoms with Crippen LogP contribution in [-0.2, 0) is 0 Å². The maximum Gasteiger partial charge on any atom is 0.254 e. The lowest BCUT2D eigenvalue weighted by Gasteiger charge is -2.22. The predicted molar refractivity (Wildman–Crippen MR) is 107 cm³/mol. The summed E-state index contributed by atoms with van der Waals surface area (Å²) in [7, 11) is 3.17. The zero-order valence-electron chi connectivity index (χ0n) is 16.7. The first-order chi connectivity index (χ1) is 14.1. The number of aromatic nitrogens is 2. The van der Waals surface area contributed by atoms with E-state index in [1.807, 2.05) is 42.2 Å². The summed E-state index contributed by atoms with van der Waals surface area (Å²) in [5, 5.41) is 4.12. The number of hydrogen-bond donors (Lipinski definition) is 0. The van der Waals surface area contributed by atoms with Crippen molar-refractivity contribution in [1.82, 2.24) is 15.0 Å². The summed E-state index contributed by atoms with van der Waals surface area (Å²) in [4.78, 5) is 19.4. The molecule has 0 unspecified atom stereocenters. The van der Waals surface area contributed by atoms with E-state index in [9.17, 15) is 4.79 Å². The Morgan fingerprint density at radius 2 is 1.86 bits per heavy atom. The molecule has 2 aromatic carbocycles. The van der Waals surface area contributed by atoms with Gasteiger partial charge in [-0.2, -0.15) is 4.98 Å². The van der Waals surface area contributed by atoms with Gasteiger partial charge in [0, 0.05) is 17.7 Å². The number of aryl methyl sites for hydroxylation is 1. The molecule has 0 spiro atoms. The minimum absolute atomic E-state index is 0.0154. The topological polar surface area (TPSA) is 77.7 Å². The van der Waals surface area contributed by atoms with Gasteiger partial charge in [-0.05, 0) is 50.1 Å². The van der Waals surface area contributed by atoms with Gasteiger partial charge in [0.15, 0.2) is 11.5 Å². The van der Waals surface area contributed by atoms with Crippen molar-refractivity contribution in [3.05, 3.63) is 59.5 Å². The molecule has 3 aromatic rings. The lowest BCUT2D eigenvalue weighted by molar-refractivity contribution is 0.0710. The fraction of sp³-hybridized carbons (Fsp3) is 0.318. The van der Waals surface area contributed by atoms with Crippen LogP contribution >= 0.6 is 0 Å². The highest BCUT2D eigenvalue weighted by Crippen LogP contribution is 2.35. The molecule has 0 saturated carbocycles. The third-order valence-electron chi connectivity index (χ3n) is 5.18. The summed E-state index contributed by atoms with van der Waals surface area (Å²) in [6, 6.07) is 12.8. The smallest absolute Gasteiger partial charge is 0.254 e. The molecule has 2 heterocycles. The number of amides is 1. The van der Waals surface area contributed by atoms with Gasteiger partial charge in [-0.1, -0.05) is 22.9 Å². The van der Waals surface area contributed by atoms with Crippen molar-refractivity contribution in [2.75, 3.05) is 20.8 Å². The lowest BCUT2D eigenvalue weighted by Crippen LogP contribution is -2.30. The molecule has 29 heavy (non-hydrogen) atoms. The lowest BCUT2D eigenvalue weighted by atomic mass is 10.1. The minimum atomic E-state index is -0.217. The number of benzene rings is 2. The maximum atomic E-state index is 13.0. The van der Waals surface area contributed by atoms with E-state index in [4.69, 9.17) is 14.0 Å². The monoisotopic (exact) mass is 393 g/mol. The summed E-state index contributed by atoms with van der Waals surface area (Å²) in [6.45, 7) is 2.67. The van der Waals surface area contributed by atoms with Gasteiger partial charge < -0.3 is 18.9 Å². The highest BCUT2D eigenvalue weighted by Gasteiger charge is 2.34. The van der Waals surface area contributed by atoms with Gasteiger partial charge >= 0.3 is 0 Å². The average Bonchev–Trinajstić information content (AvgIpc) is 3.42. The van der Waals surface area contributed by atoms with Crippen LogP contribution in [0.1, 0.15) is 40.7 Å². The van der Waals surface area contributed by atoms with E-state index < -0.39 is 0 Å². The largest absolute Gasteiger partial charge is 0.493 e. The molecule has 0 radical (unpaired) electrons. The number of nitrogens with zero attached hydrogens (tertiary/aromatic N) is 3. The van der Waals surface area contributed by atoms with Crippen molar-refractivity contribution in [3.63, 3.8) is 0 Å². The van der Waals surface area contributed by atoms with Crippen molar-refractivity contribution < 1.29 is 18.8 Å². The summed E-state index contributed by atoms with van der Waals surface area (Å²) in [5.41, 5.74) is 2.55. The fourth-order valence-electron chi connectivity index (χ4n) is 3.59. The summed E-state index contributed by atoms with van der Waals surface area (Å²) < 4.78 is 16.2. The van der Waals surface area contributed by atoms with Crippen LogP contribution in [0.5, 0.6) is 11.5 Å². The van der Waals surface area contributed by atoms with Crippen molar-refractivity contribution in [3.8, 4) is 22.9 Å². The van der Waals surface area contributed by atoms with Gasteiger partial charge in [-0.25, -0.2) is 0 Å². The number of ether oxygens (including phenoxy) is 2. The molecule has 1 aliphatic heterocycles. The van der Waals surface area contributed by atoms with Crippen molar-refractivity contribution in [2.24, 2.45) is 0 Å². The molecule has 1 fully saturated rings. The number of likely N-dealkylation sites (tertiary alicyclic amines) is 1. The molecule has 150 valence electrons. The molecule has 0 bridgehead atoms. The van der Waals surface area contributed by atoms with E-state index in [1.54, 1.807) is 26.4 Å². The molecule has 7 nitrogen and oxygen atoms in total. The van der Waals surface area contributed by atoms with E-state index in [2.05, 4.69) is 10.1 Å². The molecule has 4 rings (SSSR count). The first-order valence-electron chi connectivity index (χ1n) is 9.54. The Bertz CT molecular complexity index is 1010. The molecule has 1 aliphatic rings. The predicted octanol–water partition coefficient (Wildman–Crippen LogP) is 4.04. The first-order valence-corrected chi connectivity index (χ1v) is 9.54. The Hall–Kier alpha value is -3.35. The Balaban J connectivity index is 1.58. The third-order valence-corrected chi connectivity index (χ3v) is 5.18. The van der Waals surface area contributed by atoms with Gasteiger partial charge in [0.25, 0.3) is 5.91 Å². The Morgan fingerprint density at radius 1 is 1.10 bits per heavy atom. The number of carbonyl (C=O) groups is 1. The summed E-state index contributed by atoms with van der Waals surface area (Å²) >= 11 is 0. The van der Waals surface area contributed by atoms with Crippen LogP contribution in [0.4, 0.5) is 0 Å². The molecule has 1 amide bonds. The van der Waals surface area contributed by atoms with E-state index in [0.29, 0.717) is 35.3 Å². The number of rotatable bonds is 5. The first kappa shape index (κ1) is 19.0. The van der Waals surface area contributed by atoms with Gasteiger partial charge in [-0.15, -0.1) is 0 Å². The minimum Gasteiger partial charge on any atom is -0.493 e. The van der Waals surface area contributed by atoms with E-state index in [1.165, 1.54) is 0 Å². The molecule has 1 saturated heterocycles. The van der Waals surface area contributed by atoms with Crippen molar-refractivity contribution in [1.29, 1.82) is 0 Å². The zero-order chi connectivity index (χ0) is 20.4. The maximum absolute atomic E-state index is 13.0. The Labute approximate surface area is 169 Å². The number of methoxy groups -OCH3 is 2. The summed E-state index contributed by atoms with van der Waals surface area (Å²) in [6.07, 6.45) is 1.70. The normalized spacial score (nSPS) is 16.1. The van der Waals surface area contributed by atoms with Gasteiger partial charge in [-0.3, -0.25) is 4.79 Å². The molecule has 1 aromatic heterocycles. The Kier molecular flexibility index (Phi) is 5.20. The van der Waals surface area contributed by atoms with Gasteiger partial charge in [0.1, 0.15) is 6.04 Å². The van der Waals surface area contributed by atoms with Gasteiger partial charge in [0.2, 0.25) is 11.7 Å². The van der Waals surface area contributed by atoms with Crippen molar-refractivity contribution >= 4 is 5.91 Å². The average molecular weight is 393 g/mol. The van der Waals surface area contributed by atoms with E-state index in [0.717, 1.165) is 24.0 Å². The molecule has 1 atom stereocenters. The zero-order valence-corrected chi connectivity index (χ0v) is 16.7. The Morgan fingerprint density at radius 3 is 2.59 bits per heavy atom. The molecule has 7 heteroatoms. The number of hydrogen-bond acceptors (Lipinski definition) is 6. The van der Waals surface area contributed by atoms with Crippen LogP contribution in [0.3, 0.4) is 0 Å². The van der Waals surface area contributed by atoms with Gasteiger partial charge in [0.05, 0.1) is 14.2 Å². The van der Waals surface area contributed by atoms with E-state index >= 15 is 0 Å². The molecule has 0 N–H and O–H groups in total. The number of carbonyl (C=O) groups excluding carboxylic acids is 1. The van der Waals surface area contributed by atoms with Crippen LogP contribution in [-0.4, -0.2) is 41.7 Å². The highest BCUT2D eigenvalue weighted by molar-refractivity contribution is 5.94. The van der Waals surface area contributed by atoms with Crippen LogP contribution in [0.15, 0.2) is 47.0 Å². The van der Waals surface area contributed by atoms with E-state index in [-0.39, 0.29) is 11.9 Å².